The second-order valence-electron chi connectivity index (χ2n) is 6.68. The highest BCUT2D eigenvalue weighted by Crippen LogP contribution is 2.36. The van der Waals surface area contributed by atoms with Gasteiger partial charge in [0.25, 0.3) is 0 Å². The van der Waals surface area contributed by atoms with E-state index in [1.165, 1.54) is 50.5 Å². The summed E-state index contributed by atoms with van der Waals surface area (Å²) in [6.07, 6.45) is 19.4. The fourth-order valence-corrected chi connectivity index (χ4v) is 3.42. The van der Waals surface area contributed by atoms with E-state index in [4.69, 9.17) is 0 Å². The Balaban J connectivity index is 1.81. The lowest BCUT2D eigenvalue weighted by Crippen LogP contribution is -2.11. The molecule has 0 atom stereocenters. The van der Waals surface area contributed by atoms with Crippen molar-refractivity contribution in [1.29, 1.82) is 0 Å². The van der Waals surface area contributed by atoms with Crippen LogP contribution in [-0.2, 0) is 6.42 Å². The molecule has 0 unspecified atom stereocenters. The van der Waals surface area contributed by atoms with Crippen molar-refractivity contribution in [3.63, 3.8) is 0 Å². The van der Waals surface area contributed by atoms with Crippen LogP contribution in [0.15, 0.2) is 48.6 Å². The van der Waals surface area contributed by atoms with Crippen molar-refractivity contribution in [3.8, 4) is 0 Å². The normalized spacial score (nSPS) is 22.6. The molecule has 1 fully saturated rings. The summed E-state index contributed by atoms with van der Waals surface area (Å²) in [4.78, 5) is 0. The van der Waals surface area contributed by atoms with Crippen LogP contribution >= 0.6 is 0 Å². The van der Waals surface area contributed by atoms with Crippen LogP contribution in [0.5, 0.6) is 0 Å². The van der Waals surface area contributed by atoms with E-state index in [0.29, 0.717) is 0 Å². The summed E-state index contributed by atoms with van der Waals surface area (Å²) in [5.41, 5.74) is 3.07. The van der Waals surface area contributed by atoms with Crippen molar-refractivity contribution in [1.82, 2.24) is 0 Å². The summed E-state index contributed by atoms with van der Waals surface area (Å²) in [6.45, 7) is 4.45. The summed E-state index contributed by atoms with van der Waals surface area (Å²) in [5.74, 6) is 1.58. The van der Waals surface area contributed by atoms with Crippen LogP contribution in [0.1, 0.15) is 75.8 Å². The Morgan fingerprint density at radius 2 is 1.68 bits per heavy atom. The van der Waals surface area contributed by atoms with E-state index < -0.39 is 0 Å². The van der Waals surface area contributed by atoms with Crippen molar-refractivity contribution >= 4 is 0 Å². The summed E-state index contributed by atoms with van der Waals surface area (Å²) < 4.78 is 0. The van der Waals surface area contributed by atoms with Crippen molar-refractivity contribution in [2.75, 3.05) is 0 Å². The first-order valence-corrected chi connectivity index (χ1v) is 9.25. The summed E-state index contributed by atoms with van der Waals surface area (Å²) in [6, 6.07) is 9.48. The molecule has 22 heavy (non-hydrogen) atoms. The standard InChI is InChI=1S/C22H32/c1-3-5-7-8-10-20-13-17-22(18-14-20)21-15-11-19(12-16-21)9-6-4-2/h5,7-8,10-12,15-16,20,22H,3-4,6,9,13-14,17-18H2,1-2H3. The lowest BCUT2D eigenvalue weighted by molar-refractivity contribution is 0.376. The minimum atomic E-state index is 0.788. The van der Waals surface area contributed by atoms with Crippen LogP contribution in [-0.4, -0.2) is 0 Å². The molecule has 1 aliphatic carbocycles. The van der Waals surface area contributed by atoms with Gasteiger partial charge in [-0.25, -0.2) is 0 Å². The fraction of sp³-hybridized carbons (Fsp3) is 0.545. The minimum Gasteiger partial charge on any atom is -0.0848 e. The maximum absolute atomic E-state index is 2.41. The molecule has 1 aromatic rings. The maximum atomic E-state index is 2.41. The van der Waals surface area contributed by atoms with Gasteiger partial charge in [0, 0.05) is 0 Å². The Morgan fingerprint density at radius 3 is 2.32 bits per heavy atom. The van der Waals surface area contributed by atoms with E-state index in [0.717, 1.165) is 18.3 Å². The topological polar surface area (TPSA) is 0 Å². The number of benzene rings is 1. The summed E-state index contributed by atoms with van der Waals surface area (Å²) in [7, 11) is 0. The smallest absolute Gasteiger partial charge is 0.0162 e. The fourth-order valence-electron chi connectivity index (χ4n) is 3.42. The van der Waals surface area contributed by atoms with Crippen LogP contribution in [0.25, 0.3) is 0 Å². The lowest BCUT2D eigenvalue weighted by atomic mass is 9.78. The molecule has 0 aliphatic heterocycles. The molecule has 1 aliphatic rings. The van der Waals surface area contributed by atoms with Gasteiger partial charge in [-0.05, 0) is 67.9 Å². The van der Waals surface area contributed by atoms with E-state index in [2.05, 4.69) is 62.4 Å². The second-order valence-corrected chi connectivity index (χ2v) is 6.68. The Kier molecular flexibility index (Phi) is 7.49. The third kappa shape index (κ3) is 5.48. The Bertz CT molecular complexity index is 455. The molecule has 1 saturated carbocycles. The van der Waals surface area contributed by atoms with Gasteiger partial charge in [-0.15, -0.1) is 0 Å². The van der Waals surface area contributed by atoms with Crippen LogP contribution in [0.4, 0.5) is 0 Å². The average molecular weight is 296 g/mol. The first-order valence-electron chi connectivity index (χ1n) is 9.25. The molecule has 0 heterocycles. The first-order chi connectivity index (χ1) is 10.8. The second kappa shape index (κ2) is 9.66. The summed E-state index contributed by atoms with van der Waals surface area (Å²) >= 11 is 0. The molecule has 0 nitrogen and oxygen atoms in total. The molecule has 1 aromatic carbocycles. The van der Waals surface area contributed by atoms with Gasteiger partial charge in [0.2, 0.25) is 0 Å². The quantitative estimate of drug-likeness (QED) is 0.484. The molecule has 0 spiro atoms. The van der Waals surface area contributed by atoms with Crippen molar-refractivity contribution < 1.29 is 0 Å². The zero-order valence-electron chi connectivity index (χ0n) is 14.4. The maximum Gasteiger partial charge on any atom is -0.0162 e. The molecule has 0 radical (unpaired) electrons. The molecule has 120 valence electrons. The van der Waals surface area contributed by atoms with Gasteiger partial charge < -0.3 is 0 Å². The van der Waals surface area contributed by atoms with E-state index in [1.54, 1.807) is 5.56 Å². The van der Waals surface area contributed by atoms with Gasteiger partial charge >= 0.3 is 0 Å². The predicted octanol–water partition coefficient (Wildman–Crippen LogP) is 6.83. The molecular formula is C22H32. The first kappa shape index (κ1) is 17.1. The molecule has 0 amide bonds. The molecule has 0 aromatic heterocycles. The largest absolute Gasteiger partial charge is 0.0848 e. The van der Waals surface area contributed by atoms with Gasteiger partial charge in [0.1, 0.15) is 0 Å². The van der Waals surface area contributed by atoms with E-state index in [1.807, 2.05) is 0 Å². The molecular weight excluding hydrogens is 264 g/mol. The molecule has 2 rings (SSSR count). The highest BCUT2D eigenvalue weighted by molar-refractivity contribution is 5.26. The van der Waals surface area contributed by atoms with Gasteiger partial charge in [-0.1, -0.05) is 68.8 Å². The number of unbranched alkanes of at least 4 members (excludes halogenated alkanes) is 1. The van der Waals surface area contributed by atoms with Crippen LogP contribution < -0.4 is 0 Å². The van der Waals surface area contributed by atoms with Gasteiger partial charge in [-0.2, -0.15) is 0 Å². The zero-order chi connectivity index (χ0) is 15.6. The SMILES string of the molecule is CCC=CC=CC1CCC(c2ccc(CCCC)cc2)CC1. The van der Waals surface area contributed by atoms with Gasteiger partial charge in [-0.3, -0.25) is 0 Å². The Labute approximate surface area is 137 Å². The minimum absolute atomic E-state index is 0.788. The summed E-state index contributed by atoms with van der Waals surface area (Å²) in [5, 5.41) is 0. The molecule has 0 saturated heterocycles. The van der Waals surface area contributed by atoms with E-state index >= 15 is 0 Å². The van der Waals surface area contributed by atoms with Crippen molar-refractivity contribution in [2.45, 2.75) is 71.1 Å². The lowest BCUT2D eigenvalue weighted by Gasteiger charge is -2.27. The third-order valence-electron chi connectivity index (χ3n) is 4.91. The number of aryl methyl sites for hydroxylation is 1. The number of hydrogen-bond acceptors (Lipinski definition) is 0. The van der Waals surface area contributed by atoms with Crippen LogP contribution in [0.2, 0.25) is 0 Å². The van der Waals surface area contributed by atoms with Gasteiger partial charge in [0.15, 0.2) is 0 Å². The van der Waals surface area contributed by atoms with Crippen molar-refractivity contribution in [3.05, 3.63) is 59.7 Å². The zero-order valence-corrected chi connectivity index (χ0v) is 14.4. The van der Waals surface area contributed by atoms with Crippen molar-refractivity contribution in [2.24, 2.45) is 5.92 Å². The average Bonchev–Trinajstić information content (AvgIpc) is 2.58. The number of hydrogen-bond donors (Lipinski definition) is 0. The molecule has 0 heteroatoms. The van der Waals surface area contributed by atoms with Gasteiger partial charge in [0.05, 0.1) is 0 Å². The monoisotopic (exact) mass is 296 g/mol. The highest BCUT2D eigenvalue weighted by atomic mass is 14.3. The number of rotatable bonds is 7. The third-order valence-corrected chi connectivity index (χ3v) is 4.91. The molecule has 0 bridgehead atoms. The molecule has 0 N–H and O–H groups in total. The number of allylic oxidation sites excluding steroid dienone is 4. The van der Waals surface area contributed by atoms with E-state index in [9.17, 15) is 0 Å². The highest BCUT2D eigenvalue weighted by Gasteiger charge is 2.20. The van der Waals surface area contributed by atoms with Crippen LogP contribution in [0.3, 0.4) is 0 Å². The Hall–Kier alpha value is -1.30. The van der Waals surface area contributed by atoms with E-state index in [-0.39, 0.29) is 0 Å². The predicted molar refractivity (Wildman–Crippen MR) is 98.3 cm³/mol. The Morgan fingerprint density at radius 1 is 0.955 bits per heavy atom. The van der Waals surface area contributed by atoms with Crippen LogP contribution in [0, 0.1) is 5.92 Å².